The monoisotopic (exact) mass is 125 g/mol. The molecule has 0 amide bonds. The van der Waals surface area contributed by atoms with Crippen molar-refractivity contribution in [3.63, 3.8) is 0 Å². The van der Waals surface area contributed by atoms with Gasteiger partial charge in [-0.05, 0) is 35.0 Å². The zero-order valence-electron chi connectivity index (χ0n) is 5.39. The molecule has 0 saturated carbocycles. The molecular formula is C10H5. The molecule has 0 heteroatoms. The number of benzene rings is 2. The predicted octanol–water partition coefficient (Wildman–Crippen LogP) is 2.24. The van der Waals surface area contributed by atoms with E-state index < -0.39 is 0 Å². The second kappa shape index (κ2) is 2.14. The normalized spacial score (nSPS) is 10.0. The molecule has 0 aliphatic heterocycles. The summed E-state index contributed by atoms with van der Waals surface area (Å²) in [6.07, 6.45) is 0. The predicted molar refractivity (Wildman–Crippen MR) is 40.5 cm³/mol. The average Bonchev–Trinajstić information content (AvgIpc) is 2.05. The van der Waals surface area contributed by atoms with Crippen molar-refractivity contribution in [1.29, 1.82) is 0 Å². The Morgan fingerprint density at radius 1 is 1.00 bits per heavy atom. The van der Waals surface area contributed by atoms with Gasteiger partial charge in [-0.3, -0.25) is 0 Å². The minimum absolute atomic E-state index is 1.07. The lowest BCUT2D eigenvalue weighted by molar-refractivity contribution is 1.71. The van der Waals surface area contributed by atoms with Crippen LogP contribution in [0.1, 0.15) is 0 Å². The van der Waals surface area contributed by atoms with Crippen molar-refractivity contribution in [3.05, 3.63) is 48.5 Å². The molecule has 0 aliphatic rings. The van der Waals surface area contributed by atoms with Crippen molar-refractivity contribution in [2.45, 2.75) is 0 Å². The third kappa shape index (κ3) is 0.781. The van der Waals surface area contributed by atoms with Crippen LogP contribution in [0.25, 0.3) is 10.8 Å². The first-order valence-corrected chi connectivity index (χ1v) is 3.15. The Morgan fingerprint density at radius 3 is 2.60 bits per heavy atom. The first-order chi connectivity index (χ1) is 4.97. The smallest absolute Gasteiger partial charge is 0.00137 e. The van der Waals surface area contributed by atoms with Crippen LogP contribution >= 0.6 is 0 Å². The van der Waals surface area contributed by atoms with Gasteiger partial charge >= 0.3 is 0 Å². The van der Waals surface area contributed by atoms with Crippen molar-refractivity contribution in [2.24, 2.45) is 0 Å². The van der Waals surface area contributed by atoms with Crippen LogP contribution in [0.3, 0.4) is 0 Å². The zero-order valence-corrected chi connectivity index (χ0v) is 5.39. The van der Waals surface area contributed by atoms with Gasteiger partial charge in [0, 0.05) is 0 Å². The summed E-state index contributed by atoms with van der Waals surface area (Å²) in [5.74, 6) is 0. The maximum Gasteiger partial charge on any atom is -0.00137 e. The summed E-state index contributed by atoms with van der Waals surface area (Å²) in [4.78, 5) is 0. The standard InChI is InChI=1S/C10H5/c1-2-6-10-8-4-3-7-9(10)5-1/h1-3,5-6H. The van der Waals surface area contributed by atoms with Crippen LogP contribution in [0, 0.1) is 18.2 Å². The summed E-state index contributed by atoms with van der Waals surface area (Å²) in [6.45, 7) is 0. The van der Waals surface area contributed by atoms with Crippen molar-refractivity contribution in [1.82, 2.24) is 0 Å². The van der Waals surface area contributed by atoms with E-state index in [2.05, 4.69) is 18.2 Å². The first-order valence-electron chi connectivity index (χ1n) is 3.15. The fourth-order valence-electron chi connectivity index (χ4n) is 0.946. The second-order valence-corrected chi connectivity index (χ2v) is 2.10. The van der Waals surface area contributed by atoms with Crippen molar-refractivity contribution < 1.29 is 0 Å². The molecule has 2 rings (SSSR count). The van der Waals surface area contributed by atoms with E-state index in [-0.39, 0.29) is 0 Å². The fraction of sp³-hybridized carbons (Fsp3) is 0. The Bertz CT molecular complexity index is 271. The summed E-state index contributed by atoms with van der Waals surface area (Å²) in [5, 5.41) is 2.17. The van der Waals surface area contributed by atoms with Gasteiger partial charge in [0.05, 0.1) is 0 Å². The lowest BCUT2D eigenvalue weighted by Gasteiger charge is -1.90. The number of hydrogen-bond acceptors (Lipinski definition) is 0. The maximum atomic E-state index is 3.06. The first kappa shape index (κ1) is 5.48. The third-order valence-corrected chi connectivity index (χ3v) is 1.43. The molecule has 0 aromatic heterocycles. The number of fused-ring (bicyclic) bond motifs is 1. The van der Waals surface area contributed by atoms with Crippen LogP contribution < -0.4 is 0 Å². The van der Waals surface area contributed by atoms with E-state index in [0.717, 1.165) is 10.8 Å². The summed E-state index contributed by atoms with van der Waals surface area (Å²) < 4.78 is 0. The van der Waals surface area contributed by atoms with Crippen LogP contribution in [0.15, 0.2) is 30.3 Å². The molecule has 45 valence electrons. The SMILES string of the molecule is [c]1[c]c2ccccc2[c]c1. The quantitative estimate of drug-likeness (QED) is 0.506. The Kier molecular flexibility index (Phi) is 1.17. The topological polar surface area (TPSA) is 0 Å². The summed E-state index contributed by atoms with van der Waals surface area (Å²) in [6, 6.07) is 18.7. The average molecular weight is 125 g/mol. The van der Waals surface area contributed by atoms with Gasteiger partial charge in [-0.15, -0.1) is 0 Å². The van der Waals surface area contributed by atoms with E-state index in [1.54, 1.807) is 6.07 Å². The molecule has 0 heterocycles. The Labute approximate surface area is 60.1 Å². The summed E-state index contributed by atoms with van der Waals surface area (Å²) in [7, 11) is 0. The molecule has 2 aromatic rings. The molecule has 3 radical (unpaired) electrons. The minimum atomic E-state index is 1.07. The molecule has 0 saturated heterocycles. The molecular weight excluding hydrogens is 120 g/mol. The lowest BCUT2D eigenvalue weighted by Crippen LogP contribution is -1.69. The van der Waals surface area contributed by atoms with Gasteiger partial charge in [0.25, 0.3) is 0 Å². The molecule has 0 fully saturated rings. The molecule has 10 heavy (non-hydrogen) atoms. The largest absolute Gasteiger partial charge is 0.0616 e. The van der Waals surface area contributed by atoms with Crippen molar-refractivity contribution in [3.8, 4) is 0 Å². The molecule has 0 bridgehead atoms. The van der Waals surface area contributed by atoms with Gasteiger partial charge in [0.15, 0.2) is 0 Å². The van der Waals surface area contributed by atoms with E-state index in [1.807, 2.05) is 24.3 Å². The van der Waals surface area contributed by atoms with Crippen molar-refractivity contribution in [2.75, 3.05) is 0 Å². The Hall–Kier alpha value is -1.30. The second-order valence-electron chi connectivity index (χ2n) is 2.10. The van der Waals surface area contributed by atoms with Gasteiger partial charge in [-0.25, -0.2) is 0 Å². The Morgan fingerprint density at radius 2 is 1.80 bits per heavy atom. The van der Waals surface area contributed by atoms with Crippen molar-refractivity contribution >= 4 is 10.8 Å². The highest BCUT2D eigenvalue weighted by Gasteiger charge is 1.86. The molecule has 0 aliphatic carbocycles. The van der Waals surface area contributed by atoms with Crippen LogP contribution in [-0.4, -0.2) is 0 Å². The summed E-state index contributed by atoms with van der Waals surface area (Å²) >= 11 is 0. The Balaban J connectivity index is 2.89. The van der Waals surface area contributed by atoms with E-state index in [0.29, 0.717) is 0 Å². The van der Waals surface area contributed by atoms with E-state index in [9.17, 15) is 0 Å². The number of rotatable bonds is 0. The highest BCUT2D eigenvalue weighted by Crippen LogP contribution is 2.09. The van der Waals surface area contributed by atoms with E-state index >= 15 is 0 Å². The van der Waals surface area contributed by atoms with Crippen LogP contribution in [-0.2, 0) is 0 Å². The molecule has 0 spiro atoms. The molecule has 0 unspecified atom stereocenters. The molecule has 2 aromatic carbocycles. The maximum absolute atomic E-state index is 3.06. The summed E-state index contributed by atoms with van der Waals surface area (Å²) in [5.41, 5.74) is 0. The van der Waals surface area contributed by atoms with Crippen LogP contribution in [0.4, 0.5) is 0 Å². The van der Waals surface area contributed by atoms with E-state index in [1.165, 1.54) is 0 Å². The third-order valence-electron chi connectivity index (χ3n) is 1.43. The zero-order chi connectivity index (χ0) is 6.81. The van der Waals surface area contributed by atoms with Gasteiger partial charge in [0.1, 0.15) is 0 Å². The molecule has 0 nitrogen and oxygen atoms in total. The highest BCUT2D eigenvalue weighted by atomic mass is 13.9. The number of hydrogen-bond donors (Lipinski definition) is 0. The minimum Gasteiger partial charge on any atom is -0.0616 e. The molecule has 0 atom stereocenters. The highest BCUT2D eigenvalue weighted by molar-refractivity contribution is 5.80. The lowest BCUT2D eigenvalue weighted by atomic mass is 10.1. The van der Waals surface area contributed by atoms with Gasteiger partial charge in [0.2, 0.25) is 0 Å². The van der Waals surface area contributed by atoms with Crippen LogP contribution in [0.2, 0.25) is 0 Å². The fourth-order valence-corrected chi connectivity index (χ4v) is 0.946. The van der Waals surface area contributed by atoms with E-state index in [4.69, 9.17) is 0 Å². The van der Waals surface area contributed by atoms with Gasteiger partial charge in [-0.1, -0.05) is 24.3 Å². The van der Waals surface area contributed by atoms with Gasteiger partial charge in [-0.2, -0.15) is 0 Å². The van der Waals surface area contributed by atoms with Gasteiger partial charge < -0.3 is 0 Å². The molecule has 0 N–H and O–H groups in total. The van der Waals surface area contributed by atoms with Crippen LogP contribution in [0.5, 0.6) is 0 Å².